The Morgan fingerprint density at radius 3 is 2.28 bits per heavy atom. The van der Waals surface area contributed by atoms with Crippen LogP contribution in [0.2, 0.25) is 0 Å². The molecule has 0 bridgehead atoms. The zero-order valence-corrected chi connectivity index (χ0v) is 11.6. The van der Waals surface area contributed by atoms with Crippen molar-refractivity contribution in [3.63, 3.8) is 0 Å². The van der Waals surface area contributed by atoms with Gasteiger partial charge in [-0.2, -0.15) is 0 Å². The normalized spacial score (nSPS) is 16.6. The van der Waals surface area contributed by atoms with Crippen molar-refractivity contribution in [2.24, 2.45) is 11.8 Å². The monoisotopic (exact) mass is 254 g/mol. The highest BCUT2D eigenvalue weighted by atomic mass is 16.2. The summed E-state index contributed by atoms with van der Waals surface area (Å²) in [5.74, 6) is 0.740. The fraction of sp³-hybridized carbons (Fsp3) is 0.857. The molecule has 2 amide bonds. The Bertz CT molecular complexity index is 271. The molecule has 0 heterocycles. The summed E-state index contributed by atoms with van der Waals surface area (Å²) in [6, 6.07) is 0. The van der Waals surface area contributed by atoms with Crippen molar-refractivity contribution in [3.8, 4) is 0 Å². The Morgan fingerprint density at radius 2 is 1.67 bits per heavy atom. The average Bonchev–Trinajstić information content (AvgIpc) is 2.35. The van der Waals surface area contributed by atoms with Crippen LogP contribution in [0.5, 0.6) is 0 Å². The molecule has 0 unspecified atom stereocenters. The fourth-order valence-corrected chi connectivity index (χ4v) is 2.32. The standard InChI is InChI=1S/C14H26N2O2/c1-11(2)14(18)16-9-8-15-13(17)10-12-6-4-3-5-7-12/h11-12H,3-10H2,1-2H3,(H,15,17)(H,16,18). The molecule has 1 rings (SSSR count). The van der Waals surface area contributed by atoms with Crippen LogP contribution < -0.4 is 10.6 Å². The van der Waals surface area contributed by atoms with Gasteiger partial charge in [0.2, 0.25) is 11.8 Å². The minimum Gasteiger partial charge on any atom is -0.354 e. The number of amides is 2. The third-order valence-corrected chi connectivity index (χ3v) is 3.47. The van der Waals surface area contributed by atoms with Gasteiger partial charge >= 0.3 is 0 Å². The smallest absolute Gasteiger partial charge is 0.222 e. The second-order valence-electron chi connectivity index (χ2n) is 5.50. The summed E-state index contributed by atoms with van der Waals surface area (Å²) in [4.78, 5) is 22.9. The van der Waals surface area contributed by atoms with Crippen LogP contribution in [0.25, 0.3) is 0 Å². The van der Waals surface area contributed by atoms with E-state index >= 15 is 0 Å². The van der Waals surface area contributed by atoms with E-state index < -0.39 is 0 Å². The zero-order chi connectivity index (χ0) is 13.4. The molecule has 0 aliphatic heterocycles. The molecule has 0 saturated heterocycles. The molecule has 1 fully saturated rings. The van der Waals surface area contributed by atoms with E-state index in [1.165, 1.54) is 32.1 Å². The minimum atomic E-state index is 0.00272. The molecule has 0 radical (unpaired) electrons. The Kier molecular flexibility index (Phi) is 6.76. The van der Waals surface area contributed by atoms with Gasteiger partial charge in [-0.3, -0.25) is 9.59 Å². The summed E-state index contributed by atoms with van der Waals surface area (Å²) in [6.45, 7) is 4.77. The van der Waals surface area contributed by atoms with Crippen LogP contribution in [0.1, 0.15) is 52.4 Å². The van der Waals surface area contributed by atoms with Crippen molar-refractivity contribution in [2.45, 2.75) is 52.4 Å². The van der Waals surface area contributed by atoms with Crippen molar-refractivity contribution in [1.29, 1.82) is 0 Å². The van der Waals surface area contributed by atoms with Crippen LogP contribution in [-0.2, 0) is 9.59 Å². The van der Waals surface area contributed by atoms with E-state index in [0.29, 0.717) is 25.4 Å². The quantitative estimate of drug-likeness (QED) is 0.711. The van der Waals surface area contributed by atoms with Crippen molar-refractivity contribution in [3.05, 3.63) is 0 Å². The second-order valence-corrected chi connectivity index (χ2v) is 5.50. The van der Waals surface area contributed by atoms with E-state index in [4.69, 9.17) is 0 Å². The van der Waals surface area contributed by atoms with Gasteiger partial charge < -0.3 is 10.6 Å². The van der Waals surface area contributed by atoms with Gasteiger partial charge in [-0.1, -0.05) is 33.1 Å². The van der Waals surface area contributed by atoms with Gasteiger partial charge in [-0.05, 0) is 18.8 Å². The Hall–Kier alpha value is -1.06. The summed E-state index contributed by atoms with van der Waals surface area (Å²) in [5, 5.41) is 5.66. The lowest BCUT2D eigenvalue weighted by atomic mass is 9.87. The van der Waals surface area contributed by atoms with Gasteiger partial charge in [0, 0.05) is 25.4 Å². The largest absolute Gasteiger partial charge is 0.354 e. The second kappa shape index (κ2) is 8.11. The van der Waals surface area contributed by atoms with Crippen molar-refractivity contribution >= 4 is 11.8 Å². The summed E-state index contributed by atoms with van der Waals surface area (Å²) in [5.41, 5.74) is 0. The topological polar surface area (TPSA) is 58.2 Å². The molecule has 4 nitrogen and oxygen atoms in total. The Morgan fingerprint density at radius 1 is 1.06 bits per heavy atom. The highest BCUT2D eigenvalue weighted by molar-refractivity contribution is 5.78. The van der Waals surface area contributed by atoms with Crippen LogP contribution >= 0.6 is 0 Å². The minimum absolute atomic E-state index is 0.00272. The molecular weight excluding hydrogens is 228 g/mol. The lowest BCUT2D eigenvalue weighted by molar-refractivity contribution is -0.125. The summed E-state index contributed by atoms with van der Waals surface area (Å²) < 4.78 is 0. The van der Waals surface area contributed by atoms with E-state index in [1.54, 1.807) is 0 Å². The van der Waals surface area contributed by atoms with E-state index in [0.717, 1.165) is 0 Å². The Labute approximate surface area is 110 Å². The maximum atomic E-state index is 11.7. The van der Waals surface area contributed by atoms with Crippen molar-refractivity contribution in [2.75, 3.05) is 13.1 Å². The van der Waals surface area contributed by atoms with Gasteiger partial charge in [0.25, 0.3) is 0 Å². The molecule has 4 heteroatoms. The third kappa shape index (κ3) is 6.03. The first kappa shape index (κ1) is 15.0. The summed E-state index contributed by atoms with van der Waals surface area (Å²) in [7, 11) is 0. The van der Waals surface area contributed by atoms with E-state index in [1.807, 2.05) is 13.8 Å². The number of hydrogen-bond donors (Lipinski definition) is 2. The number of nitrogens with one attached hydrogen (secondary N) is 2. The number of carbonyl (C=O) groups excluding carboxylic acids is 2. The molecule has 1 saturated carbocycles. The number of rotatable bonds is 6. The molecule has 18 heavy (non-hydrogen) atoms. The van der Waals surface area contributed by atoms with Crippen LogP contribution in [0.4, 0.5) is 0 Å². The predicted octanol–water partition coefficient (Wildman–Crippen LogP) is 1.85. The van der Waals surface area contributed by atoms with E-state index in [2.05, 4.69) is 10.6 Å². The SMILES string of the molecule is CC(C)C(=O)NCCNC(=O)CC1CCCCC1. The number of carbonyl (C=O) groups is 2. The summed E-state index contributed by atoms with van der Waals surface area (Å²) in [6.07, 6.45) is 6.89. The van der Waals surface area contributed by atoms with Crippen molar-refractivity contribution in [1.82, 2.24) is 10.6 Å². The van der Waals surface area contributed by atoms with Gasteiger partial charge in [0.15, 0.2) is 0 Å². The molecule has 2 N–H and O–H groups in total. The lowest BCUT2D eigenvalue weighted by Crippen LogP contribution is -2.36. The molecule has 1 aliphatic carbocycles. The van der Waals surface area contributed by atoms with E-state index in [9.17, 15) is 9.59 Å². The number of hydrogen-bond acceptors (Lipinski definition) is 2. The van der Waals surface area contributed by atoms with Crippen LogP contribution in [-0.4, -0.2) is 24.9 Å². The molecule has 104 valence electrons. The van der Waals surface area contributed by atoms with Gasteiger partial charge in [0.1, 0.15) is 0 Å². The highest BCUT2D eigenvalue weighted by Crippen LogP contribution is 2.25. The maximum absolute atomic E-state index is 11.7. The third-order valence-electron chi connectivity index (χ3n) is 3.47. The molecule has 0 aromatic heterocycles. The molecular formula is C14H26N2O2. The average molecular weight is 254 g/mol. The molecule has 1 aliphatic rings. The first-order chi connectivity index (χ1) is 8.59. The van der Waals surface area contributed by atoms with Crippen LogP contribution in [0.3, 0.4) is 0 Å². The molecule has 0 spiro atoms. The van der Waals surface area contributed by atoms with Gasteiger partial charge in [-0.15, -0.1) is 0 Å². The Balaban J connectivity index is 2.04. The zero-order valence-electron chi connectivity index (χ0n) is 11.6. The summed E-state index contributed by atoms with van der Waals surface area (Å²) >= 11 is 0. The lowest BCUT2D eigenvalue weighted by Gasteiger charge is -2.20. The maximum Gasteiger partial charge on any atom is 0.222 e. The predicted molar refractivity (Wildman–Crippen MR) is 72.0 cm³/mol. The van der Waals surface area contributed by atoms with Crippen LogP contribution in [0.15, 0.2) is 0 Å². The highest BCUT2D eigenvalue weighted by Gasteiger charge is 2.16. The first-order valence-electron chi connectivity index (χ1n) is 7.14. The fourth-order valence-electron chi connectivity index (χ4n) is 2.32. The van der Waals surface area contributed by atoms with Crippen molar-refractivity contribution < 1.29 is 9.59 Å². The van der Waals surface area contributed by atoms with Crippen LogP contribution in [0, 0.1) is 11.8 Å². The first-order valence-corrected chi connectivity index (χ1v) is 7.14. The van der Waals surface area contributed by atoms with E-state index in [-0.39, 0.29) is 17.7 Å². The molecule has 0 atom stereocenters. The van der Waals surface area contributed by atoms with Gasteiger partial charge in [0.05, 0.1) is 0 Å². The molecule has 0 aromatic rings. The van der Waals surface area contributed by atoms with Gasteiger partial charge in [-0.25, -0.2) is 0 Å². The molecule has 0 aromatic carbocycles.